The third-order valence-electron chi connectivity index (χ3n) is 2.17. The maximum absolute atomic E-state index is 11.7. The van der Waals surface area contributed by atoms with Gasteiger partial charge in [-0.25, -0.2) is 9.78 Å². The van der Waals surface area contributed by atoms with Crippen LogP contribution in [0.5, 0.6) is 0 Å². The molecule has 0 aliphatic heterocycles. The summed E-state index contributed by atoms with van der Waals surface area (Å²) in [4.78, 5) is 18.7. The van der Waals surface area contributed by atoms with E-state index in [4.69, 9.17) is 0 Å². The van der Waals surface area contributed by atoms with E-state index in [1.807, 2.05) is 20.8 Å². The Morgan fingerprint density at radius 1 is 1.47 bits per heavy atom. The summed E-state index contributed by atoms with van der Waals surface area (Å²) in [7, 11) is 0. The molecule has 15 heavy (non-hydrogen) atoms. The van der Waals surface area contributed by atoms with Crippen LogP contribution in [0.1, 0.15) is 31.3 Å². The Hall–Kier alpha value is -1.17. The van der Waals surface area contributed by atoms with Gasteiger partial charge in [-0.15, -0.1) is 0 Å². The zero-order chi connectivity index (χ0) is 11.2. The van der Waals surface area contributed by atoms with Gasteiger partial charge < -0.3 is 0 Å². The van der Waals surface area contributed by atoms with Crippen molar-refractivity contribution in [1.29, 1.82) is 0 Å². The van der Waals surface area contributed by atoms with Crippen LogP contribution < -0.4 is 5.69 Å². The Kier molecular flexibility index (Phi) is 2.38. The molecule has 0 spiro atoms. The van der Waals surface area contributed by atoms with Gasteiger partial charge in [0.05, 0.1) is 10.2 Å². The van der Waals surface area contributed by atoms with Crippen LogP contribution in [0.25, 0.3) is 5.65 Å². The van der Waals surface area contributed by atoms with Gasteiger partial charge in [-0.05, 0) is 22.9 Å². The summed E-state index contributed by atoms with van der Waals surface area (Å²) in [5, 5.41) is 4.08. The number of hydrogen-bond acceptors (Lipinski definition) is 3. The minimum absolute atomic E-state index is 0.185. The molecule has 80 valence electrons. The van der Waals surface area contributed by atoms with Crippen molar-refractivity contribution in [2.24, 2.45) is 0 Å². The number of aromatic nitrogens is 4. The Morgan fingerprint density at radius 3 is 2.73 bits per heavy atom. The molecule has 0 bridgehead atoms. The van der Waals surface area contributed by atoms with E-state index in [1.54, 1.807) is 0 Å². The van der Waals surface area contributed by atoms with Crippen LogP contribution in [0.3, 0.4) is 0 Å². The lowest BCUT2D eigenvalue weighted by Crippen LogP contribution is -2.21. The lowest BCUT2D eigenvalue weighted by molar-refractivity contribution is 0.725. The lowest BCUT2D eigenvalue weighted by atomic mass is 10.2. The number of aryl methyl sites for hydroxylation is 1. The summed E-state index contributed by atoms with van der Waals surface area (Å²) >= 11 is 3.37. The standard InChI is InChI=1S/C9H11BrN4O/c1-4(2)7-11-8-6(10)5(3)13-14(8)9(15)12-7/h4H,1-3H3,(H,11,12,15). The van der Waals surface area contributed by atoms with Gasteiger partial charge in [0.25, 0.3) is 0 Å². The van der Waals surface area contributed by atoms with Crippen LogP contribution in [0.4, 0.5) is 0 Å². The summed E-state index contributed by atoms with van der Waals surface area (Å²) in [6, 6.07) is 0. The third-order valence-corrected chi connectivity index (χ3v) is 3.09. The van der Waals surface area contributed by atoms with Crippen molar-refractivity contribution < 1.29 is 0 Å². The summed E-state index contributed by atoms with van der Waals surface area (Å²) in [6.45, 7) is 5.78. The molecule has 5 nitrogen and oxygen atoms in total. The first-order valence-corrected chi connectivity index (χ1v) is 5.45. The van der Waals surface area contributed by atoms with E-state index in [-0.39, 0.29) is 11.6 Å². The van der Waals surface area contributed by atoms with E-state index in [0.717, 1.165) is 10.2 Å². The zero-order valence-electron chi connectivity index (χ0n) is 8.71. The van der Waals surface area contributed by atoms with Gasteiger partial charge in [-0.2, -0.15) is 9.61 Å². The number of fused-ring (bicyclic) bond motifs is 1. The van der Waals surface area contributed by atoms with E-state index in [1.165, 1.54) is 4.52 Å². The quantitative estimate of drug-likeness (QED) is 0.857. The first kappa shape index (κ1) is 10.4. The fourth-order valence-electron chi connectivity index (χ4n) is 1.31. The van der Waals surface area contributed by atoms with Gasteiger partial charge in [0.2, 0.25) is 0 Å². The van der Waals surface area contributed by atoms with Crippen LogP contribution in [-0.4, -0.2) is 19.6 Å². The van der Waals surface area contributed by atoms with E-state index >= 15 is 0 Å². The molecule has 0 aromatic carbocycles. The van der Waals surface area contributed by atoms with Crippen molar-refractivity contribution in [3.05, 3.63) is 26.5 Å². The molecule has 0 aliphatic carbocycles. The van der Waals surface area contributed by atoms with Crippen molar-refractivity contribution in [1.82, 2.24) is 19.6 Å². The highest BCUT2D eigenvalue weighted by molar-refractivity contribution is 9.10. The largest absolute Gasteiger partial charge is 0.349 e. The molecule has 0 saturated heterocycles. The van der Waals surface area contributed by atoms with Crippen molar-refractivity contribution >= 4 is 21.6 Å². The molecule has 6 heteroatoms. The Morgan fingerprint density at radius 2 is 2.13 bits per heavy atom. The number of nitrogens with zero attached hydrogens (tertiary/aromatic N) is 3. The molecular formula is C9H11BrN4O. The highest BCUT2D eigenvalue weighted by Gasteiger charge is 2.12. The Balaban J connectivity index is 2.86. The molecule has 1 N–H and O–H groups in total. The zero-order valence-corrected chi connectivity index (χ0v) is 10.3. The normalized spacial score (nSPS) is 11.5. The molecule has 0 fully saturated rings. The molecular weight excluding hydrogens is 260 g/mol. The van der Waals surface area contributed by atoms with E-state index in [2.05, 4.69) is 31.0 Å². The van der Waals surface area contributed by atoms with E-state index in [0.29, 0.717) is 11.5 Å². The molecule has 0 atom stereocenters. The average molecular weight is 271 g/mol. The average Bonchev–Trinajstić information content (AvgIpc) is 2.45. The van der Waals surface area contributed by atoms with Crippen molar-refractivity contribution in [2.45, 2.75) is 26.7 Å². The molecule has 2 rings (SSSR count). The van der Waals surface area contributed by atoms with Crippen LogP contribution >= 0.6 is 15.9 Å². The van der Waals surface area contributed by atoms with Crippen LogP contribution in [0.15, 0.2) is 9.27 Å². The molecule has 2 aromatic heterocycles. The van der Waals surface area contributed by atoms with Gasteiger partial charge in [0.15, 0.2) is 5.65 Å². The van der Waals surface area contributed by atoms with Crippen molar-refractivity contribution in [3.8, 4) is 0 Å². The number of H-pyrrole nitrogens is 1. The van der Waals surface area contributed by atoms with E-state index < -0.39 is 0 Å². The summed E-state index contributed by atoms with van der Waals surface area (Å²) in [5.41, 5.74) is 1.08. The minimum Gasteiger partial charge on any atom is -0.294 e. The monoisotopic (exact) mass is 270 g/mol. The summed E-state index contributed by atoms with van der Waals surface area (Å²) < 4.78 is 2.04. The predicted molar refractivity (Wildman–Crippen MR) is 60.1 cm³/mol. The second kappa shape index (κ2) is 3.44. The highest BCUT2D eigenvalue weighted by Crippen LogP contribution is 2.19. The molecule has 2 heterocycles. The van der Waals surface area contributed by atoms with Crippen LogP contribution in [0.2, 0.25) is 0 Å². The number of hydrogen-bond donors (Lipinski definition) is 1. The van der Waals surface area contributed by atoms with Crippen molar-refractivity contribution in [2.75, 3.05) is 0 Å². The maximum Gasteiger partial charge on any atom is 0.349 e. The van der Waals surface area contributed by atoms with Gasteiger partial charge in [-0.1, -0.05) is 13.8 Å². The fraction of sp³-hybridized carbons (Fsp3) is 0.444. The van der Waals surface area contributed by atoms with Gasteiger partial charge in [-0.3, -0.25) is 4.98 Å². The van der Waals surface area contributed by atoms with Gasteiger partial charge in [0.1, 0.15) is 5.82 Å². The van der Waals surface area contributed by atoms with Gasteiger partial charge >= 0.3 is 5.69 Å². The molecule has 0 radical (unpaired) electrons. The van der Waals surface area contributed by atoms with E-state index in [9.17, 15) is 4.79 Å². The Bertz CT molecular complexity index is 569. The molecule has 0 amide bonds. The summed E-state index contributed by atoms with van der Waals surface area (Å²) in [5.74, 6) is 0.859. The number of rotatable bonds is 1. The third kappa shape index (κ3) is 1.58. The van der Waals surface area contributed by atoms with Gasteiger partial charge in [0, 0.05) is 5.92 Å². The Labute approximate surface area is 94.7 Å². The second-order valence-corrected chi connectivity index (χ2v) is 4.51. The fourth-order valence-corrected chi connectivity index (χ4v) is 1.65. The number of nitrogens with one attached hydrogen (secondary N) is 1. The first-order chi connectivity index (χ1) is 7.00. The van der Waals surface area contributed by atoms with Crippen LogP contribution in [0, 0.1) is 6.92 Å². The topological polar surface area (TPSA) is 63.1 Å². The first-order valence-electron chi connectivity index (χ1n) is 4.65. The second-order valence-electron chi connectivity index (χ2n) is 3.72. The molecule has 0 unspecified atom stereocenters. The number of aromatic amines is 1. The molecule has 2 aromatic rings. The maximum atomic E-state index is 11.7. The highest BCUT2D eigenvalue weighted by atomic mass is 79.9. The van der Waals surface area contributed by atoms with Crippen LogP contribution in [-0.2, 0) is 0 Å². The number of halogens is 1. The smallest absolute Gasteiger partial charge is 0.294 e. The lowest BCUT2D eigenvalue weighted by Gasteiger charge is -2.03. The molecule has 0 aliphatic rings. The minimum atomic E-state index is -0.252. The molecule has 0 saturated carbocycles. The summed E-state index contributed by atoms with van der Waals surface area (Å²) in [6.07, 6.45) is 0. The van der Waals surface area contributed by atoms with Crippen molar-refractivity contribution in [3.63, 3.8) is 0 Å². The predicted octanol–water partition coefficient (Wildman–Crippen LogP) is 1.61. The SMILES string of the molecule is Cc1nn2c(=O)[nH]c(C(C)C)nc2c1Br.